The summed E-state index contributed by atoms with van der Waals surface area (Å²) in [6, 6.07) is 11.6. The fourth-order valence-corrected chi connectivity index (χ4v) is 2.28. The van der Waals surface area contributed by atoms with Crippen LogP contribution in [0.15, 0.2) is 47.6 Å². The molecule has 0 radical (unpaired) electrons. The van der Waals surface area contributed by atoms with Crippen LogP contribution in [0.4, 0.5) is 5.69 Å². The van der Waals surface area contributed by atoms with E-state index in [1.807, 2.05) is 6.07 Å². The minimum Gasteiger partial charge on any atom is -0.452 e. The Hall–Kier alpha value is -2.85. The maximum atomic E-state index is 12.0. The maximum absolute atomic E-state index is 12.0. The lowest BCUT2D eigenvalue weighted by Gasteiger charge is -2.08. The molecule has 0 saturated carbocycles. The van der Waals surface area contributed by atoms with Gasteiger partial charge in [0.1, 0.15) is 5.03 Å². The highest BCUT2D eigenvalue weighted by Gasteiger charge is 2.14. The first-order valence-corrected chi connectivity index (χ1v) is 7.82. The van der Waals surface area contributed by atoms with Crippen molar-refractivity contribution in [2.75, 3.05) is 18.2 Å². The van der Waals surface area contributed by atoms with Crippen molar-refractivity contribution < 1.29 is 14.3 Å². The third-order valence-electron chi connectivity index (χ3n) is 2.82. The number of rotatable bonds is 5. The predicted octanol–water partition coefficient (Wildman–Crippen LogP) is 2.47. The Kier molecular flexibility index (Phi) is 5.72. The Balaban J connectivity index is 1.91. The Morgan fingerprint density at radius 2 is 2.04 bits per heavy atom. The first-order valence-electron chi connectivity index (χ1n) is 6.60. The van der Waals surface area contributed by atoms with Crippen molar-refractivity contribution in [3.8, 4) is 6.07 Å². The van der Waals surface area contributed by atoms with Crippen molar-refractivity contribution in [1.82, 2.24) is 4.98 Å². The number of aromatic nitrogens is 1. The summed E-state index contributed by atoms with van der Waals surface area (Å²) in [5, 5.41) is 11.8. The molecule has 1 N–H and O–H groups in total. The summed E-state index contributed by atoms with van der Waals surface area (Å²) in [5.41, 5.74) is 1.35. The molecular weight excluding hydrogens is 314 g/mol. The standard InChI is InChI=1S/C16H13N3O3S/c1-23-15-13(3-2-8-18-15)16(21)22-10-14(20)19-12-6-4-11(9-17)5-7-12/h2-8H,10H2,1H3,(H,19,20). The minimum atomic E-state index is -0.600. The van der Waals surface area contributed by atoms with Crippen LogP contribution in [-0.2, 0) is 9.53 Å². The molecule has 2 aromatic rings. The number of nitrogens with one attached hydrogen (secondary N) is 1. The Morgan fingerprint density at radius 1 is 1.30 bits per heavy atom. The fourth-order valence-electron chi connectivity index (χ4n) is 1.74. The van der Waals surface area contributed by atoms with Gasteiger partial charge in [-0.1, -0.05) is 0 Å². The molecule has 0 spiro atoms. The second-order valence-electron chi connectivity index (χ2n) is 4.37. The molecule has 23 heavy (non-hydrogen) atoms. The number of hydrogen-bond donors (Lipinski definition) is 1. The number of amides is 1. The molecule has 6 nitrogen and oxygen atoms in total. The number of thioether (sulfide) groups is 1. The zero-order chi connectivity index (χ0) is 16.7. The van der Waals surface area contributed by atoms with Crippen LogP contribution in [0.5, 0.6) is 0 Å². The average molecular weight is 327 g/mol. The van der Waals surface area contributed by atoms with Crippen molar-refractivity contribution in [3.05, 3.63) is 53.7 Å². The number of nitriles is 1. The maximum Gasteiger partial charge on any atom is 0.341 e. The topological polar surface area (TPSA) is 92.1 Å². The molecule has 0 bridgehead atoms. The normalized spacial score (nSPS) is 9.74. The van der Waals surface area contributed by atoms with Gasteiger partial charge in [-0.3, -0.25) is 4.79 Å². The zero-order valence-corrected chi connectivity index (χ0v) is 13.1. The first-order chi connectivity index (χ1) is 11.1. The van der Waals surface area contributed by atoms with Gasteiger partial charge in [0, 0.05) is 11.9 Å². The molecular formula is C16H13N3O3S. The predicted molar refractivity (Wildman–Crippen MR) is 86.1 cm³/mol. The second kappa shape index (κ2) is 7.96. The van der Waals surface area contributed by atoms with Crippen molar-refractivity contribution in [2.45, 2.75) is 5.03 Å². The van der Waals surface area contributed by atoms with Gasteiger partial charge in [0.15, 0.2) is 6.61 Å². The van der Waals surface area contributed by atoms with E-state index in [-0.39, 0.29) is 0 Å². The van der Waals surface area contributed by atoms with Crippen LogP contribution in [0.1, 0.15) is 15.9 Å². The lowest BCUT2D eigenvalue weighted by Crippen LogP contribution is -2.21. The number of esters is 1. The van der Waals surface area contributed by atoms with Gasteiger partial charge in [-0.05, 0) is 42.7 Å². The summed E-state index contributed by atoms with van der Waals surface area (Å²) in [6.07, 6.45) is 3.39. The van der Waals surface area contributed by atoms with Crippen molar-refractivity contribution in [1.29, 1.82) is 5.26 Å². The summed E-state index contributed by atoms with van der Waals surface area (Å²) >= 11 is 1.33. The van der Waals surface area contributed by atoms with E-state index >= 15 is 0 Å². The first kappa shape index (κ1) is 16.5. The number of benzene rings is 1. The van der Waals surface area contributed by atoms with Crippen LogP contribution >= 0.6 is 11.8 Å². The van der Waals surface area contributed by atoms with Crippen molar-refractivity contribution in [3.63, 3.8) is 0 Å². The molecule has 1 heterocycles. The third-order valence-corrected chi connectivity index (χ3v) is 3.53. The van der Waals surface area contributed by atoms with Gasteiger partial charge in [-0.2, -0.15) is 5.26 Å². The van der Waals surface area contributed by atoms with E-state index in [9.17, 15) is 9.59 Å². The van der Waals surface area contributed by atoms with Crippen LogP contribution in [0.3, 0.4) is 0 Å². The third kappa shape index (κ3) is 4.56. The number of carbonyl (C=O) groups is 2. The number of ether oxygens (including phenoxy) is 1. The lowest BCUT2D eigenvalue weighted by molar-refractivity contribution is -0.119. The van der Waals surface area contributed by atoms with E-state index in [1.165, 1.54) is 11.8 Å². The van der Waals surface area contributed by atoms with E-state index < -0.39 is 18.5 Å². The molecule has 0 saturated heterocycles. The highest BCUT2D eigenvalue weighted by Crippen LogP contribution is 2.17. The Labute approximate surface area is 137 Å². The summed E-state index contributed by atoms with van der Waals surface area (Å²) in [4.78, 5) is 27.8. The van der Waals surface area contributed by atoms with E-state index in [0.29, 0.717) is 21.8 Å². The van der Waals surface area contributed by atoms with E-state index in [4.69, 9.17) is 10.00 Å². The highest BCUT2D eigenvalue weighted by molar-refractivity contribution is 7.98. The van der Waals surface area contributed by atoms with Gasteiger partial charge in [0.25, 0.3) is 5.91 Å². The molecule has 1 amide bonds. The zero-order valence-electron chi connectivity index (χ0n) is 12.3. The van der Waals surface area contributed by atoms with Crippen LogP contribution in [0, 0.1) is 11.3 Å². The molecule has 2 rings (SSSR count). The van der Waals surface area contributed by atoms with Crippen LogP contribution in [-0.4, -0.2) is 29.7 Å². The number of pyridine rings is 1. The van der Waals surface area contributed by atoms with E-state index in [1.54, 1.807) is 48.9 Å². The van der Waals surface area contributed by atoms with Gasteiger partial charge in [0.05, 0.1) is 17.2 Å². The molecule has 7 heteroatoms. The SMILES string of the molecule is CSc1ncccc1C(=O)OCC(=O)Nc1ccc(C#N)cc1. The van der Waals surface area contributed by atoms with E-state index in [0.717, 1.165) is 0 Å². The van der Waals surface area contributed by atoms with Gasteiger partial charge < -0.3 is 10.1 Å². The highest BCUT2D eigenvalue weighted by atomic mass is 32.2. The van der Waals surface area contributed by atoms with Gasteiger partial charge in [-0.15, -0.1) is 11.8 Å². The Bertz CT molecular complexity index is 754. The summed E-state index contributed by atoms with van der Waals surface area (Å²) in [5.74, 6) is -1.06. The van der Waals surface area contributed by atoms with Gasteiger partial charge >= 0.3 is 5.97 Å². The van der Waals surface area contributed by atoms with E-state index in [2.05, 4.69) is 10.3 Å². The largest absolute Gasteiger partial charge is 0.452 e. The van der Waals surface area contributed by atoms with Crippen LogP contribution < -0.4 is 5.32 Å². The molecule has 1 aromatic heterocycles. The second-order valence-corrected chi connectivity index (χ2v) is 5.17. The molecule has 0 aliphatic carbocycles. The summed E-state index contributed by atoms with van der Waals surface area (Å²) in [7, 11) is 0. The molecule has 0 atom stereocenters. The monoisotopic (exact) mass is 327 g/mol. The molecule has 0 unspecified atom stereocenters. The molecule has 116 valence electrons. The van der Waals surface area contributed by atoms with Crippen molar-refractivity contribution >= 4 is 29.3 Å². The van der Waals surface area contributed by atoms with Crippen molar-refractivity contribution in [2.24, 2.45) is 0 Å². The quantitative estimate of drug-likeness (QED) is 0.670. The number of anilines is 1. The average Bonchev–Trinajstić information content (AvgIpc) is 2.60. The lowest BCUT2D eigenvalue weighted by atomic mass is 10.2. The van der Waals surface area contributed by atoms with Gasteiger partial charge in [0.2, 0.25) is 0 Å². The number of hydrogen-bond acceptors (Lipinski definition) is 6. The summed E-state index contributed by atoms with van der Waals surface area (Å²) in [6.45, 7) is -0.401. The summed E-state index contributed by atoms with van der Waals surface area (Å²) < 4.78 is 4.99. The van der Waals surface area contributed by atoms with Crippen LogP contribution in [0.2, 0.25) is 0 Å². The number of nitrogens with zero attached hydrogens (tertiary/aromatic N) is 2. The Morgan fingerprint density at radius 3 is 2.70 bits per heavy atom. The molecule has 0 fully saturated rings. The smallest absolute Gasteiger partial charge is 0.341 e. The minimum absolute atomic E-state index is 0.325. The molecule has 0 aliphatic rings. The fraction of sp³-hybridized carbons (Fsp3) is 0.125. The van der Waals surface area contributed by atoms with Gasteiger partial charge in [-0.25, -0.2) is 9.78 Å². The molecule has 0 aliphatic heterocycles. The van der Waals surface area contributed by atoms with Crippen LogP contribution in [0.25, 0.3) is 0 Å². The number of carbonyl (C=O) groups excluding carboxylic acids is 2. The molecule has 1 aromatic carbocycles.